The molecule has 8 heteroatoms. The molecule has 2 atom stereocenters. The second kappa shape index (κ2) is 11.5. The number of hydroxylamine groups is 1. The summed E-state index contributed by atoms with van der Waals surface area (Å²) in [5.41, 5.74) is 4.66. The van der Waals surface area contributed by atoms with Gasteiger partial charge in [-0.05, 0) is 55.2 Å². The Morgan fingerprint density at radius 3 is 2.49 bits per heavy atom. The highest BCUT2D eigenvalue weighted by molar-refractivity contribution is 5.93. The predicted molar refractivity (Wildman–Crippen MR) is 147 cm³/mol. The number of esters is 1. The van der Waals surface area contributed by atoms with E-state index in [4.69, 9.17) is 19.7 Å². The lowest BCUT2D eigenvalue weighted by Gasteiger charge is -2.16. The van der Waals surface area contributed by atoms with Crippen molar-refractivity contribution in [3.63, 3.8) is 0 Å². The smallest absolute Gasteiger partial charge is 0.313 e. The number of amides is 1. The third-order valence-electron chi connectivity index (χ3n) is 7.14. The van der Waals surface area contributed by atoms with Gasteiger partial charge in [0.1, 0.15) is 18.2 Å². The number of hydrogen-bond donors (Lipinski definition) is 3. The topological polar surface area (TPSA) is 110 Å². The number of ether oxygens (including phenoxy) is 2. The SMILES string of the molecule is CCOC(=O)C1(Cc2ccc(OCc3cc(NCc4ccccc4)nc4ccccc34)cc2)CC1C(=O)NO. The Labute approximate surface area is 226 Å². The van der Waals surface area contributed by atoms with E-state index in [-0.39, 0.29) is 6.61 Å². The maximum Gasteiger partial charge on any atom is 0.313 e. The lowest BCUT2D eigenvalue weighted by molar-refractivity contribution is -0.152. The van der Waals surface area contributed by atoms with Crippen LogP contribution in [0, 0.1) is 11.3 Å². The minimum absolute atomic E-state index is 0.230. The third-order valence-corrected chi connectivity index (χ3v) is 7.14. The minimum atomic E-state index is -0.954. The summed E-state index contributed by atoms with van der Waals surface area (Å²) in [6.45, 7) is 2.99. The molecule has 39 heavy (non-hydrogen) atoms. The molecule has 5 rings (SSSR count). The lowest BCUT2D eigenvalue weighted by atomic mass is 9.93. The largest absolute Gasteiger partial charge is 0.489 e. The summed E-state index contributed by atoms with van der Waals surface area (Å²) in [5, 5.41) is 13.5. The van der Waals surface area contributed by atoms with Gasteiger partial charge >= 0.3 is 5.97 Å². The summed E-state index contributed by atoms with van der Waals surface area (Å²) >= 11 is 0. The molecule has 1 aliphatic rings. The molecule has 0 saturated heterocycles. The standard InChI is InChI=1S/C31H31N3O5/c1-2-38-30(36)31(18-26(31)29(35)34-37)17-21-12-14-24(15-13-21)39-20-23-16-28(32-19-22-8-4-3-5-9-22)33-27-11-7-6-10-25(23)27/h3-16,26,37H,2,17-20H2,1H3,(H,32,33)(H,34,35). The fraction of sp³-hybridized carbons (Fsp3) is 0.258. The highest BCUT2D eigenvalue weighted by Crippen LogP contribution is 2.56. The molecule has 2 unspecified atom stereocenters. The Bertz CT molecular complexity index is 1460. The molecule has 1 amide bonds. The molecule has 1 aliphatic carbocycles. The van der Waals surface area contributed by atoms with Crippen LogP contribution in [0.3, 0.4) is 0 Å². The van der Waals surface area contributed by atoms with Crippen LogP contribution in [0.15, 0.2) is 84.9 Å². The average Bonchev–Trinajstić information content (AvgIpc) is 3.71. The van der Waals surface area contributed by atoms with Crippen LogP contribution in [0.25, 0.3) is 10.9 Å². The van der Waals surface area contributed by atoms with Crippen molar-refractivity contribution >= 4 is 28.6 Å². The summed E-state index contributed by atoms with van der Waals surface area (Å²) in [4.78, 5) is 29.4. The molecule has 3 aromatic carbocycles. The van der Waals surface area contributed by atoms with E-state index in [1.165, 1.54) is 5.56 Å². The van der Waals surface area contributed by atoms with E-state index in [2.05, 4.69) is 17.4 Å². The normalized spacial score (nSPS) is 17.8. The van der Waals surface area contributed by atoms with Gasteiger partial charge in [-0.15, -0.1) is 0 Å². The Morgan fingerprint density at radius 1 is 1.00 bits per heavy atom. The fourth-order valence-electron chi connectivity index (χ4n) is 4.97. The second-order valence-corrected chi connectivity index (χ2v) is 9.74. The zero-order chi connectivity index (χ0) is 27.2. The summed E-state index contributed by atoms with van der Waals surface area (Å²) < 4.78 is 11.4. The number of rotatable bonds is 11. The fourth-order valence-corrected chi connectivity index (χ4v) is 4.97. The van der Waals surface area contributed by atoms with Gasteiger partial charge in [0.15, 0.2) is 0 Å². The Balaban J connectivity index is 1.27. The Morgan fingerprint density at radius 2 is 1.74 bits per heavy atom. The minimum Gasteiger partial charge on any atom is -0.489 e. The molecule has 1 heterocycles. The average molecular weight is 526 g/mol. The number of carbonyl (C=O) groups is 2. The Kier molecular flexibility index (Phi) is 7.74. The molecule has 0 aliphatic heterocycles. The van der Waals surface area contributed by atoms with Crippen LogP contribution in [-0.2, 0) is 33.9 Å². The van der Waals surface area contributed by atoms with Crippen LogP contribution in [0.1, 0.15) is 30.0 Å². The summed E-state index contributed by atoms with van der Waals surface area (Å²) in [6, 6.07) is 27.7. The number of aromatic nitrogens is 1. The molecule has 1 aromatic heterocycles. The van der Waals surface area contributed by atoms with E-state index < -0.39 is 23.2 Å². The number of anilines is 1. The van der Waals surface area contributed by atoms with E-state index >= 15 is 0 Å². The maximum atomic E-state index is 12.6. The van der Waals surface area contributed by atoms with Crippen molar-refractivity contribution in [1.29, 1.82) is 0 Å². The first-order valence-electron chi connectivity index (χ1n) is 13.0. The van der Waals surface area contributed by atoms with Gasteiger partial charge in [0.2, 0.25) is 5.91 Å². The van der Waals surface area contributed by atoms with Crippen molar-refractivity contribution in [1.82, 2.24) is 10.5 Å². The van der Waals surface area contributed by atoms with Crippen molar-refractivity contribution in [2.45, 2.75) is 32.9 Å². The quantitative estimate of drug-likeness (QED) is 0.143. The van der Waals surface area contributed by atoms with Crippen molar-refractivity contribution in [3.05, 3.63) is 102 Å². The number of nitrogens with one attached hydrogen (secondary N) is 2. The molecule has 8 nitrogen and oxygen atoms in total. The van der Waals surface area contributed by atoms with Crippen molar-refractivity contribution in [3.8, 4) is 5.75 Å². The van der Waals surface area contributed by atoms with Gasteiger partial charge in [0.25, 0.3) is 0 Å². The molecule has 3 N–H and O–H groups in total. The molecule has 200 valence electrons. The summed E-state index contributed by atoms with van der Waals surface area (Å²) in [6.07, 6.45) is 0.682. The monoisotopic (exact) mass is 525 g/mol. The van der Waals surface area contributed by atoms with Gasteiger partial charge < -0.3 is 14.8 Å². The van der Waals surface area contributed by atoms with E-state index in [0.29, 0.717) is 31.7 Å². The molecule has 1 fully saturated rings. The van der Waals surface area contributed by atoms with Crippen LogP contribution >= 0.6 is 0 Å². The third kappa shape index (κ3) is 5.86. The highest BCUT2D eigenvalue weighted by atomic mass is 16.5. The van der Waals surface area contributed by atoms with Gasteiger partial charge in [-0.2, -0.15) is 0 Å². The summed E-state index contributed by atoms with van der Waals surface area (Å²) in [5.74, 6) is -0.127. The molecule has 4 aromatic rings. The molecule has 0 bridgehead atoms. The number of nitrogens with zero attached hydrogens (tertiary/aromatic N) is 1. The first-order chi connectivity index (χ1) is 19.0. The lowest BCUT2D eigenvalue weighted by Crippen LogP contribution is -2.30. The first-order valence-corrected chi connectivity index (χ1v) is 13.0. The predicted octanol–water partition coefficient (Wildman–Crippen LogP) is 5.04. The van der Waals surface area contributed by atoms with Crippen LogP contribution in [0.2, 0.25) is 0 Å². The number of fused-ring (bicyclic) bond motifs is 1. The second-order valence-electron chi connectivity index (χ2n) is 9.74. The van der Waals surface area contributed by atoms with Crippen LogP contribution < -0.4 is 15.5 Å². The van der Waals surface area contributed by atoms with Crippen LogP contribution in [-0.4, -0.2) is 28.7 Å². The number of benzene rings is 3. The van der Waals surface area contributed by atoms with Crippen molar-refractivity contribution in [2.75, 3.05) is 11.9 Å². The zero-order valence-electron chi connectivity index (χ0n) is 21.7. The Hall–Kier alpha value is -4.43. The first kappa shape index (κ1) is 26.2. The number of para-hydroxylation sites is 1. The van der Waals surface area contributed by atoms with E-state index in [1.54, 1.807) is 12.4 Å². The molecule has 0 spiro atoms. The highest BCUT2D eigenvalue weighted by Gasteiger charge is 2.64. The van der Waals surface area contributed by atoms with Gasteiger partial charge in [-0.1, -0.05) is 60.7 Å². The zero-order valence-corrected chi connectivity index (χ0v) is 21.7. The van der Waals surface area contributed by atoms with Crippen molar-refractivity contribution < 1.29 is 24.3 Å². The van der Waals surface area contributed by atoms with Gasteiger partial charge in [-0.3, -0.25) is 14.8 Å². The van der Waals surface area contributed by atoms with Crippen LogP contribution in [0.5, 0.6) is 5.75 Å². The number of pyridine rings is 1. The number of carbonyl (C=O) groups excluding carboxylic acids is 2. The van der Waals surface area contributed by atoms with Gasteiger partial charge in [0, 0.05) is 17.5 Å². The molecule has 0 radical (unpaired) electrons. The molecular weight excluding hydrogens is 494 g/mol. The van der Waals surface area contributed by atoms with E-state index in [9.17, 15) is 9.59 Å². The maximum absolute atomic E-state index is 12.6. The summed E-state index contributed by atoms with van der Waals surface area (Å²) in [7, 11) is 0. The van der Waals surface area contributed by atoms with Crippen molar-refractivity contribution in [2.24, 2.45) is 11.3 Å². The van der Waals surface area contributed by atoms with Gasteiger partial charge in [-0.25, -0.2) is 10.5 Å². The van der Waals surface area contributed by atoms with Crippen LogP contribution in [0.4, 0.5) is 5.82 Å². The molecular formula is C31H31N3O5. The van der Waals surface area contributed by atoms with E-state index in [0.717, 1.165) is 27.8 Å². The number of hydrogen-bond acceptors (Lipinski definition) is 7. The molecule has 1 saturated carbocycles. The van der Waals surface area contributed by atoms with E-state index in [1.807, 2.05) is 72.8 Å². The van der Waals surface area contributed by atoms with Gasteiger partial charge in [0.05, 0.1) is 23.5 Å².